The van der Waals surface area contributed by atoms with Gasteiger partial charge in [0.15, 0.2) is 5.16 Å². The molecule has 0 aliphatic heterocycles. The molecule has 0 aliphatic rings. The first-order chi connectivity index (χ1) is 13.2. The number of amides is 1. The van der Waals surface area contributed by atoms with Gasteiger partial charge < -0.3 is 9.88 Å². The minimum atomic E-state index is -0.318. The number of carbonyl (C=O) groups is 1. The summed E-state index contributed by atoms with van der Waals surface area (Å²) >= 11 is 1.33. The smallest absolute Gasteiger partial charge is 0.230 e. The quantitative estimate of drug-likeness (QED) is 0.605. The third kappa shape index (κ3) is 5.17. The molecule has 0 radical (unpaired) electrons. The van der Waals surface area contributed by atoms with Crippen LogP contribution in [-0.2, 0) is 24.3 Å². The number of halogens is 1. The van der Waals surface area contributed by atoms with E-state index in [1.165, 1.54) is 23.4 Å². The predicted molar refractivity (Wildman–Crippen MR) is 104 cm³/mol. The van der Waals surface area contributed by atoms with Crippen molar-refractivity contribution in [3.05, 3.63) is 77.4 Å². The van der Waals surface area contributed by atoms with E-state index in [4.69, 9.17) is 0 Å². The number of aromatic nitrogens is 3. The number of nitrogens with zero attached hydrogens (tertiary/aromatic N) is 3. The Hall–Kier alpha value is -2.67. The normalized spacial score (nSPS) is 10.7. The highest BCUT2D eigenvalue weighted by Crippen LogP contribution is 2.18. The summed E-state index contributed by atoms with van der Waals surface area (Å²) in [5, 5.41) is 11.9. The fraction of sp³-hybridized carbons (Fsp3) is 0.250. The summed E-state index contributed by atoms with van der Waals surface area (Å²) in [6.07, 6.45) is 0.696. The van der Waals surface area contributed by atoms with Crippen molar-refractivity contribution < 1.29 is 9.18 Å². The predicted octanol–water partition coefficient (Wildman–Crippen LogP) is 3.44. The van der Waals surface area contributed by atoms with E-state index in [1.54, 1.807) is 18.2 Å². The van der Waals surface area contributed by atoms with Crippen LogP contribution in [0.4, 0.5) is 4.39 Å². The van der Waals surface area contributed by atoms with E-state index in [-0.39, 0.29) is 24.0 Å². The van der Waals surface area contributed by atoms with Gasteiger partial charge in [0.05, 0.1) is 5.75 Å². The monoisotopic (exact) mass is 384 g/mol. The minimum absolute atomic E-state index is 0.168. The third-order valence-corrected chi connectivity index (χ3v) is 5.05. The van der Waals surface area contributed by atoms with Crippen LogP contribution in [0.1, 0.15) is 23.9 Å². The van der Waals surface area contributed by atoms with Crippen molar-refractivity contribution in [1.29, 1.82) is 0 Å². The highest BCUT2D eigenvalue weighted by molar-refractivity contribution is 7.99. The molecule has 0 saturated carbocycles. The summed E-state index contributed by atoms with van der Waals surface area (Å²) in [5.41, 5.74) is 1.64. The number of carbonyl (C=O) groups excluding carboxylic acids is 1. The second-order valence-corrected chi connectivity index (χ2v) is 6.90. The molecule has 27 heavy (non-hydrogen) atoms. The van der Waals surface area contributed by atoms with E-state index in [1.807, 2.05) is 29.7 Å². The van der Waals surface area contributed by atoms with Gasteiger partial charge in [-0.05, 0) is 18.6 Å². The number of thioether (sulfide) groups is 1. The minimum Gasteiger partial charge on any atom is -0.351 e. The summed E-state index contributed by atoms with van der Waals surface area (Å²) in [5.74, 6) is 0.594. The number of benzene rings is 2. The molecular weight excluding hydrogens is 363 g/mol. The molecular formula is C20H21FN4OS. The molecule has 0 saturated heterocycles. The molecule has 0 fully saturated rings. The molecule has 0 unspecified atom stereocenters. The molecule has 1 aromatic heterocycles. The third-order valence-electron chi connectivity index (χ3n) is 4.08. The average molecular weight is 384 g/mol. The summed E-state index contributed by atoms with van der Waals surface area (Å²) in [4.78, 5) is 12.1. The molecule has 3 aromatic rings. The van der Waals surface area contributed by atoms with Crippen molar-refractivity contribution in [2.75, 3.05) is 5.75 Å². The molecule has 1 N–H and O–H groups in total. The Balaban J connectivity index is 1.56. The van der Waals surface area contributed by atoms with Gasteiger partial charge in [0.2, 0.25) is 5.91 Å². The second kappa shape index (κ2) is 9.32. The fourth-order valence-electron chi connectivity index (χ4n) is 2.67. The van der Waals surface area contributed by atoms with Crippen molar-refractivity contribution in [2.24, 2.45) is 0 Å². The molecule has 5 nitrogen and oxygen atoms in total. The van der Waals surface area contributed by atoms with Crippen LogP contribution < -0.4 is 5.32 Å². The van der Waals surface area contributed by atoms with Crippen molar-refractivity contribution in [3.8, 4) is 0 Å². The Morgan fingerprint density at radius 3 is 2.59 bits per heavy atom. The molecule has 0 aliphatic carbocycles. The van der Waals surface area contributed by atoms with E-state index in [0.29, 0.717) is 17.1 Å². The number of hydrogen-bond donors (Lipinski definition) is 1. The lowest BCUT2D eigenvalue weighted by atomic mass is 10.1. The van der Waals surface area contributed by atoms with Crippen molar-refractivity contribution in [1.82, 2.24) is 20.1 Å². The van der Waals surface area contributed by atoms with Crippen LogP contribution in [0.3, 0.4) is 0 Å². The zero-order valence-corrected chi connectivity index (χ0v) is 15.9. The van der Waals surface area contributed by atoms with Crippen LogP contribution in [0.15, 0.2) is 59.8 Å². The van der Waals surface area contributed by atoms with Gasteiger partial charge in [-0.25, -0.2) is 4.39 Å². The Morgan fingerprint density at radius 1 is 1.11 bits per heavy atom. The summed E-state index contributed by atoms with van der Waals surface area (Å²) < 4.78 is 15.6. The van der Waals surface area contributed by atoms with Crippen LogP contribution in [0.2, 0.25) is 0 Å². The number of rotatable bonds is 8. The van der Waals surface area contributed by atoms with E-state index in [0.717, 1.165) is 12.4 Å². The second-order valence-electron chi connectivity index (χ2n) is 5.96. The first kappa shape index (κ1) is 19.1. The Kier molecular flexibility index (Phi) is 6.59. The molecule has 0 atom stereocenters. The largest absolute Gasteiger partial charge is 0.351 e. The first-order valence-corrected chi connectivity index (χ1v) is 9.75. The van der Waals surface area contributed by atoms with Gasteiger partial charge in [0.25, 0.3) is 0 Å². The van der Waals surface area contributed by atoms with Crippen LogP contribution in [-0.4, -0.2) is 26.4 Å². The van der Waals surface area contributed by atoms with Gasteiger partial charge in [-0.15, -0.1) is 10.2 Å². The van der Waals surface area contributed by atoms with Gasteiger partial charge in [-0.1, -0.05) is 60.3 Å². The van der Waals surface area contributed by atoms with Gasteiger partial charge in [-0.2, -0.15) is 0 Å². The van der Waals surface area contributed by atoms with Gasteiger partial charge >= 0.3 is 0 Å². The van der Waals surface area contributed by atoms with E-state index in [9.17, 15) is 9.18 Å². The Labute approximate surface area is 162 Å². The van der Waals surface area contributed by atoms with Crippen molar-refractivity contribution >= 4 is 17.7 Å². The van der Waals surface area contributed by atoms with E-state index < -0.39 is 0 Å². The molecule has 1 amide bonds. The molecule has 7 heteroatoms. The zero-order valence-electron chi connectivity index (χ0n) is 15.1. The molecule has 0 spiro atoms. The van der Waals surface area contributed by atoms with Crippen LogP contribution in [0.5, 0.6) is 0 Å². The van der Waals surface area contributed by atoms with E-state index >= 15 is 0 Å². The maximum atomic E-state index is 13.6. The average Bonchev–Trinajstić information content (AvgIpc) is 3.08. The topological polar surface area (TPSA) is 59.8 Å². The Bertz CT molecular complexity index is 898. The number of nitrogens with one attached hydrogen (secondary N) is 1. The molecule has 2 aromatic carbocycles. The highest BCUT2D eigenvalue weighted by atomic mass is 32.2. The molecule has 3 rings (SSSR count). The zero-order chi connectivity index (χ0) is 19.1. The standard InChI is InChI=1S/C20H21FN4OS/c1-2-25-18(12-15-8-4-3-5-9-15)23-24-20(25)27-14-19(26)22-13-16-10-6-7-11-17(16)21/h3-11H,2,12-14H2,1H3,(H,22,26). The summed E-state index contributed by atoms with van der Waals surface area (Å²) in [6, 6.07) is 16.5. The van der Waals surface area contributed by atoms with E-state index in [2.05, 4.69) is 27.6 Å². The SMILES string of the molecule is CCn1c(Cc2ccccc2)nnc1SCC(=O)NCc1ccccc1F. The van der Waals surface area contributed by atoms with Crippen molar-refractivity contribution in [3.63, 3.8) is 0 Å². The summed E-state index contributed by atoms with van der Waals surface area (Å²) in [7, 11) is 0. The van der Waals surface area contributed by atoms with Gasteiger partial charge in [0, 0.05) is 25.1 Å². The molecule has 140 valence electrons. The van der Waals surface area contributed by atoms with Crippen molar-refractivity contribution in [2.45, 2.75) is 31.6 Å². The van der Waals surface area contributed by atoms with Gasteiger partial charge in [0.1, 0.15) is 11.6 Å². The Morgan fingerprint density at radius 2 is 1.85 bits per heavy atom. The molecule has 0 bridgehead atoms. The number of hydrogen-bond acceptors (Lipinski definition) is 4. The fourth-order valence-corrected chi connectivity index (χ4v) is 3.52. The van der Waals surface area contributed by atoms with Crippen LogP contribution in [0.25, 0.3) is 0 Å². The van der Waals surface area contributed by atoms with Gasteiger partial charge in [-0.3, -0.25) is 4.79 Å². The lowest BCUT2D eigenvalue weighted by Crippen LogP contribution is -2.25. The summed E-state index contributed by atoms with van der Waals surface area (Å²) in [6.45, 7) is 2.93. The highest BCUT2D eigenvalue weighted by Gasteiger charge is 2.13. The van der Waals surface area contributed by atoms with Crippen LogP contribution in [0, 0.1) is 5.82 Å². The lowest BCUT2D eigenvalue weighted by molar-refractivity contribution is -0.118. The maximum Gasteiger partial charge on any atom is 0.230 e. The molecule has 1 heterocycles. The lowest BCUT2D eigenvalue weighted by Gasteiger charge is -2.08. The first-order valence-electron chi connectivity index (χ1n) is 8.76. The van der Waals surface area contributed by atoms with Crippen LogP contribution >= 0.6 is 11.8 Å². The maximum absolute atomic E-state index is 13.6.